The molecule has 0 spiro atoms. The smallest absolute Gasteiger partial charge is 0.252 e. The van der Waals surface area contributed by atoms with Gasteiger partial charge >= 0.3 is 0 Å². The molecule has 1 aliphatic rings. The number of hydrogen-bond acceptors (Lipinski definition) is 4. The zero-order chi connectivity index (χ0) is 17.3. The summed E-state index contributed by atoms with van der Waals surface area (Å²) in [5, 5.41) is 2.93. The standard InChI is InChI=1S/C17H21N5O2/c1-11-6-13(9-18-8-11)17(24)20-10-12-7-14(23)22(3)15(12)16-19-4-5-21(16)2/h4-6,8-9,12,15H,7,10H2,1-3H3,(H,20,24)/t12-,15+/m0/s1. The number of carbonyl (C=O) groups excluding carboxylic acids is 2. The minimum atomic E-state index is -0.174. The number of pyridine rings is 1. The molecule has 2 amide bonds. The summed E-state index contributed by atoms with van der Waals surface area (Å²) in [5.74, 6) is 0.719. The fourth-order valence-corrected chi connectivity index (χ4v) is 3.19. The second-order valence-corrected chi connectivity index (χ2v) is 6.27. The topological polar surface area (TPSA) is 80.1 Å². The molecule has 1 fully saturated rings. The maximum Gasteiger partial charge on any atom is 0.252 e. The third-order valence-corrected chi connectivity index (χ3v) is 4.48. The molecular formula is C17H21N5O2. The van der Waals surface area contributed by atoms with E-state index in [1.54, 1.807) is 36.6 Å². The molecule has 3 heterocycles. The fourth-order valence-electron chi connectivity index (χ4n) is 3.19. The van der Waals surface area contributed by atoms with Gasteiger partial charge in [-0.15, -0.1) is 0 Å². The van der Waals surface area contributed by atoms with E-state index in [0.29, 0.717) is 18.5 Å². The van der Waals surface area contributed by atoms with E-state index in [9.17, 15) is 9.59 Å². The first-order chi connectivity index (χ1) is 11.5. The number of amides is 2. The summed E-state index contributed by atoms with van der Waals surface area (Å²) < 4.78 is 1.92. The summed E-state index contributed by atoms with van der Waals surface area (Å²) >= 11 is 0. The van der Waals surface area contributed by atoms with Gasteiger partial charge in [-0.25, -0.2) is 4.98 Å². The molecule has 0 bridgehead atoms. The van der Waals surface area contributed by atoms with Crippen molar-refractivity contribution in [3.05, 3.63) is 47.8 Å². The van der Waals surface area contributed by atoms with E-state index in [4.69, 9.17) is 0 Å². The largest absolute Gasteiger partial charge is 0.352 e. The monoisotopic (exact) mass is 327 g/mol. The number of nitrogens with zero attached hydrogens (tertiary/aromatic N) is 4. The summed E-state index contributed by atoms with van der Waals surface area (Å²) in [7, 11) is 3.70. The van der Waals surface area contributed by atoms with Crippen molar-refractivity contribution in [1.29, 1.82) is 0 Å². The minimum absolute atomic E-state index is 0.00896. The van der Waals surface area contributed by atoms with Crippen LogP contribution in [0.15, 0.2) is 30.9 Å². The SMILES string of the molecule is Cc1cncc(C(=O)NC[C@@H]2CC(=O)N(C)[C@H]2c2nccn2C)c1. The molecule has 0 unspecified atom stereocenters. The molecule has 2 aromatic heterocycles. The third kappa shape index (κ3) is 3.02. The number of nitrogens with one attached hydrogen (secondary N) is 1. The highest BCUT2D eigenvalue weighted by Crippen LogP contribution is 2.35. The van der Waals surface area contributed by atoms with Gasteiger partial charge in [0.05, 0.1) is 11.6 Å². The molecule has 1 N–H and O–H groups in total. The predicted molar refractivity (Wildman–Crippen MR) is 88.1 cm³/mol. The van der Waals surface area contributed by atoms with Gasteiger partial charge in [0, 0.05) is 57.8 Å². The number of rotatable bonds is 4. The predicted octanol–water partition coefficient (Wildman–Crippen LogP) is 1.07. The van der Waals surface area contributed by atoms with Crippen LogP contribution >= 0.6 is 0 Å². The second kappa shape index (κ2) is 6.43. The van der Waals surface area contributed by atoms with Crippen molar-refractivity contribution in [2.24, 2.45) is 13.0 Å². The van der Waals surface area contributed by atoms with Crippen LogP contribution < -0.4 is 5.32 Å². The first-order valence-electron chi connectivity index (χ1n) is 7.90. The van der Waals surface area contributed by atoms with Gasteiger partial charge in [0.25, 0.3) is 5.91 Å². The number of likely N-dealkylation sites (tertiary alicyclic amines) is 1. The van der Waals surface area contributed by atoms with E-state index in [0.717, 1.165) is 11.4 Å². The van der Waals surface area contributed by atoms with E-state index in [2.05, 4.69) is 15.3 Å². The van der Waals surface area contributed by atoms with Crippen LogP contribution in [0.3, 0.4) is 0 Å². The summed E-state index contributed by atoms with van der Waals surface area (Å²) in [4.78, 5) is 34.6. The Kier molecular flexibility index (Phi) is 4.33. The Morgan fingerprint density at radius 1 is 1.38 bits per heavy atom. The van der Waals surface area contributed by atoms with Crippen LogP contribution in [0.25, 0.3) is 0 Å². The Hall–Kier alpha value is -2.70. The van der Waals surface area contributed by atoms with Crippen molar-refractivity contribution in [1.82, 2.24) is 24.8 Å². The summed E-state index contributed by atoms with van der Waals surface area (Å²) in [5.41, 5.74) is 1.46. The number of hydrogen-bond donors (Lipinski definition) is 1. The van der Waals surface area contributed by atoms with Crippen LogP contribution in [0.4, 0.5) is 0 Å². The summed E-state index contributed by atoms with van der Waals surface area (Å²) in [6.07, 6.45) is 7.24. The molecule has 7 nitrogen and oxygen atoms in total. The quantitative estimate of drug-likeness (QED) is 0.911. The molecular weight excluding hydrogens is 306 g/mol. The Balaban J connectivity index is 1.72. The van der Waals surface area contributed by atoms with Gasteiger partial charge in [-0.2, -0.15) is 0 Å². The Morgan fingerprint density at radius 2 is 2.17 bits per heavy atom. The van der Waals surface area contributed by atoms with Gasteiger partial charge in [0.1, 0.15) is 5.82 Å². The Morgan fingerprint density at radius 3 is 2.83 bits per heavy atom. The minimum Gasteiger partial charge on any atom is -0.352 e. The lowest BCUT2D eigenvalue weighted by Gasteiger charge is -2.24. The van der Waals surface area contributed by atoms with Crippen molar-refractivity contribution in [3.63, 3.8) is 0 Å². The molecule has 3 rings (SSSR count). The van der Waals surface area contributed by atoms with Crippen LogP contribution in [-0.4, -0.2) is 44.8 Å². The molecule has 24 heavy (non-hydrogen) atoms. The van der Waals surface area contributed by atoms with E-state index in [1.165, 1.54) is 0 Å². The van der Waals surface area contributed by atoms with Crippen molar-refractivity contribution in [3.8, 4) is 0 Å². The Labute approximate surface area is 140 Å². The van der Waals surface area contributed by atoms with Gasteiger partial charge in [-0.05, 0) is 18.6 Å². The van der Waals surface area contributed by atoms with Crippen LogP contribution in [0.1, 0.15) is 34.2 Å². The first kappa shape index (κ1) is 16.2. The molecule has 0 saturated carbocycles. The molecule has 2 aromatic rings. The maximum absolute atomic E-state index is 12.3. The van der Waals surface area contributed by atoms with E-state index >= 15 is 0 Å². The lowest BCUT2D eigenvalue weighted by Crippen LogP contribution is -2.33. The van der Waals surface area contributed by atoms with Gasteiger partial charge in [-0.1, -0.05) is 0 Å². The molecule has 0 radical (unpaired) electrons. The van der Waals surface area contributed by atoms with E-state index in [-0.39, 0.29) is 23.8 Å². The van der Waals surface area contributed by atoms with Crippen molar-refractivity contribution in [2.75, 3.05) is 13.6 Å². The Bertz CT molecular complexity index is 770. The molecule has 0 aliphatic carbocycles. The van der Waals surface area contributed by atoms with Gasteiger partial charge in [-0.3, -0.25) is 14.6 Å². The highest BCUT2D eigenvalue weighted by Gasteiger charge is 2.40. The molecule has 1 saturated heterocycles. The fraction of sp³-hybridized carbons (Fsp3) is 0.412. The average molecular weight is 327 g/mol. The van der Waals surface area contributed by atoms with Crippen LogP contribution in [0.2, 0.25) is 0 Å². The highest BCUT2D eigenvalue weighted by molar-refractivity contribution is 5.94. The third-order valence-electron chi connectivity index (χ3n) is 4.48. The lowest BCUT2D eigenvalue weighted by atomic mass is 9.99. The van der Waals surface area contributed by atoms with Crippen LogP contribution in [-0.2, 0) is 11.8 Å². The highest BCUT2D eigenvalue weighted by atomic mass is 16.2. The van der Waals surface area contributed by atoms with Gasteiger partial charge in [0.2, 0.25) is 5.91 Å². The number of aromatic nitrogens is 3. The van der Waals surface area contributed by atoms with Crippen LogP contribution in [0.5, 0.6) is 0 Å². The molecule has 1 aliphatic heterocycles. The van der Waals surface area contributed by atoms with Gasteiger partial charge in [0.15, 0.2) is 0 Å². The molecule has 0 aromatic carbocycles. The van der Waals surface area contributed by atoms with E-state index in [1.807, 2.05) is 24.7 Å². The number of carbonyl (C=O) groups is 2. The van der Waals surface area contributed by atoms with E-state index < -0.39 is 0 Å². The zero-order valence-corrected chi connectivity index (χ0v) is 14.1. The number of aryl methyl sites for hydroxylation is 2. The molecule has 2 atom stereocenters. The number of imidazole rings is 1. The van der Waals surface area contributed by atoms with Gasteiger partial charge < -0.3 is 14.8 Å². The molecule has 7 heteroatoms. The summed E-state index contributed by atoms with van der Waals surface area (Å²) in [6.45, 7) is 2.31. The lowest BCUT2D eigenvalue weighted by molar-refractivity contribution is -0.127. The zero-order valence-electron chi connectivity index (χ0n) is 14.1. The molecule has 126 valence electrons. The van der Waals surface area contributed by atoms with Crippen molar-refractivity contribution >= 4 is 11.8 Å². The van der Waals surface area contributed by atoms with Crippen molar-refractivity contribution < 1.29 is 9.59 Å². The average Bonchev–Trinajstić information content (AvgIpc) is 3.08. The first-order valence-corrected chi connectivity index (χ1v) is 7.90. The summed E-state index contributed by atoms with van der Waals surface area (Å²) in [6, 6.07) is 1.67. The second-order valence-electron chi connectivity index (χ2n) is 6.27. The van der Waals surface area contributed by atoms with Crippen LogP contribution in [0, 0.1) is 12.8 Å². The normalized spacial score (nSPS) is 20.5. The van der Waals surface area contributed by atoms with Crippen molar-refractivity contribution in [2.45, 2.75) is 19.4 Å². The maximum atomic E-state index is 12.3.